The molecular weight excluding hydrogens is 313 g/mol. The molecule has 0 aliphatic carbocycles. The first kappa shape index (κ1) is 16.8. The van der Waals surface area contributed by atoms with Gasteiger partial charge in [0.25, 0.3) is 0 Å². The molecular formula is C15H21Cl2NO3. The zero-order chi connectivity index (χ0) is 15.3. The summed E-state index contributed by atoms with van der Waals surface area (Å²) in [5.41, 5.74) is -0.648. The highest BCUT2D eigenvalue weighted by molar-refractivity contribution is 6.35. The maximum Gasteiger partial charge on any atom is 0.138 e. The molecule has 0 saturated carbocycles. The van der Waals surface area contributed by atoms with E-state index in [0.29, 0.717) is 61.5 Å². The van der Waals surface area contributed by atoms with Gasteiger partial charge in [-0.3, -0.25) is 0 Å². The maximum absolute atomic E-state index is 10.4. The number of likely N-dealkylation sites (N-methyl/N-ethyl adjacent to an activating group) is 1. The lowest BCUT2D eigenvalue weighted by atomic mass is 9.94. The fourth-order valence-electron chi connectivity index (χ4n) is 2.39. The Morgan fingerprint density at radius 1 is 1.33 bits per heavy atom. The summed E-state index contributed by atoms with van der Waals surface area (Å²) in [5.74, 6) is 0.624. The minimum Gasteiger partial charge on any atom is -0.491 e. The number of ether oxygens (including phenoxy) is 2. The van der Waals surface area contributed by atoms with Crippen LogP contribution in [0.2, 0.25) is 10.0 Å². The van der Waals surface area contributed by atoms with Gasteiger partial charge in [0.2, 0.25) is 0 Å². The van der Waals surface area contributed by atoms with E-state index in [2.05, 4.69) is 4.90 Å². The molecule has 0 unspecified atom stereocenters. The van der Waals surface area contributed by atoms with Crippen LogP contribution in [0.1, 0.15) is 12.8 Å². The molecule has 6 heteroatoms. The van der Waals surface area contributed by atoms with E-state index in [1.54, 1.807) is 18.2 Å². The molecule has 118 valence electrons. The number of rotatable bonds is 6. The number of hydrogen-bond acceptors (Lipinski definition) is 4. The van der Waals surface area contributed by atoms with Crippen LogP contribution < -0.4 is 4.74 Å². The molecule has 0 radical (unpaired) electrons. The molecule has 0 bridgehead atoms. The first-order valence-corrected chi connectivity index (χ1v) is 7.81. The molecule has 1 aliphatic rings. The number of hydrogen-bond donors (Lipinski definition) is 1. The average Bonchev–Trinajstić information content (AvgIpc) is 2.41. The molecule has 1 fully saturated rings. The molecule has 1 aromatic carbocycles. The largest absolute Gasteiger partial charge is 0.491 e. The van der Waals surface area contributed by atoms with Crippen LogP contribution in [0, 0.1) is 0 Å². The normalized spacial score (nSPS) is 18.0. The number of aliphatic hydroxyl groups is 1. The standard InChI is InChI=1S/C15H21Cl2NO3/c1-18(11-15(19)4-7-20-8-5-15)6-9-21-14-3-2-12(16)10-13(14)17/h2-3,10,19H,4-9,11H2,1H3. The fraction of sp³-hybridized carbons (Fsp3) is 0.600. The second-order valence-electron chi connectivity index (χ2n) is 5.50. The summed E-state index contributed by atoms with van der Waals surface area (Å²) < 4.78 is 10.9. The van der Waals surface area contributed by atoms with Crippen LogP contribution in [0.25, 0.3) is 0 Å². The first-order valence-electron chi connectivity index (χ1n) is 7.05. The Bertz CT molecular complexity index is 464. The fourth-order valence-corrected chi connectivity index (χ4v) is 2.86. The van der Waals surface area contributed by atoms with Crippen molar-refractivity contribution in [1.29, 1.82) is 0 Å². The molecule has 1 saturated heterocycles. The number of benzene rings is 1. The Balaban J connectivity index is 1.75. The van der Waals surface area contributed by atoms with Crippen molar-refractivity contribution in [2.24, 2.45) is 0 Å². The van der Waals surface area contributed by atoms with E-state index < -0.39 is 5.60 Å². The summed E-state index contributed by atoms with van der Waals surface area (Å²) in [7, 11) is 1.97. The number of halogens is 2. The van der Waals surface area contributed by atoms with Gasteiger partial charge in [0.1, 0.15) is 12.4 Å². The van der Waals surface area contributed by atoms with Gasteiger partial charge in [-0.2, -0.15) is 0 Å². The molecule has 1 N–H and O–H groups in total. The van der Waals surface area contributed by atoms with Crippen molar-refractivity contribution >= 4 is 23.2 Å². The van der Waals surface area contributed by atoms with Gasteiger partial charge >= 0.3 is 0 Å². The van der Waals surface area contributed by atoms with Crippen LogP contribution in [0.15, 0.2) is 18.2 Å². The predicted molar refractivity (Wildman–Crippen MR) is 84.5 cm³/mol. The lowest BCUT2D eigenvalue weighted by Gasteiger charge is -2.35. The van der Waals surface area contributed by atoms with Crippen LogP contribution in [0.4, 0.5) is 0 Å². The second-order valence-corrected chi connectivity index (χ2v) is 6.34. The monoisotopic (exact) mass is 333 g/mol. The summed E-state index contributed by atoms with van der Waals surface area (Å²) in [6.07, 6.45) is 1.36. The zero-order valence-electron chi connectivity index (χ0n) is 12.1. The highest BCUT2D eigenvalue weighted by Crippen LogP contribution is 2.27. The van der Waals surface area contributed by atoms with E-state index in [-0.39, 0.29) is 0 Å². The van der Waals surface area contributed by atoms with E-state index in [1.807, 2.05) is 7.05 Å². The van der Waals surface area contributed by atoms with Gasteiger partial charge < -0.3 is 19.5 Å². The van der Waals surface area contributed by atoms with Gasteiger partial charge in [-0.05, 0) is 25.2 Å². The summed E-state index contributed by atoms with van der Waals surface area (Å²) in [5, 5.41) is 11.5. The van der Waals surface area contributed by atoms with Crippen molar-refractivity contribution in [2.75, 3.05) is 40.0 Å². The first-order chi connectivity index (χ1) is 9.98. The molecule has 1 aromatic rings. The smallest absolute Gasteiger partial charge is 0.138 e. The quantitative estimate of drug-likeness (QED) is 0.869. The van der Waals surface area contributed by atoms with Gasteiger partial charge in [0.05, 0.1) is 10.6 Å². The molecule has 0 amide bonds. The van der Waals surface area contributed by atoms with Gasteiger partial charge in [-0.15, -0.1) is 0 Å². The van der Waals surface area contributed by atoms with Crippen molar-refractivity contribution in [3.63, 3.8) is 0 Å². The topological polar surface area (TPSA) is 41.9 Å². The van der Waals surface area contributed by atoms with Gasteiger partial charge in [0, 0.05) is 44.2 Å². The number of nitrogens with zero attached hydrogens (tertiary/aromatic N) is 1. The SMILES string of the molecule is CN(CCOc1ccc(Cl)cc1Cl)CC1(O)CCOCC1. The highest BCUT2D eigenvalue weighted by Gasteiger charge is 2.30. The third-order valence-electron chi connectivity index (χ3n) is 3.61. The van der Waals surface area contributed by atoms with Crippen molar-refractivity contribution in [1.82, 2.24) is 4.90 Å². The summed E-state index contributed by atoms with van der Waals surface area (Å²) in [6.45, 7) is 3.09. The van der Waals surface area contributed by atoms with E-state index in [0.717, 1.165) is 0 Å². The van der Waals surface area contributed by atoms with Gasteiger partial charge in [0.15, 0.2) is 0 Å². The molecule has 0 aromatic heterocycles. The van der Waals surface area contributed by atoms with E-state index >= 15 is 0 Å². The average molecular weight is 334 g/mol. The van der Waals surface area contributed by atoms with Crippen LogP contribution in [0.3, 0.4) is 0 Å². The molecule has 4 nitrogen and oxygen atoms in total. The maximum atomic E-state index is 10.4. The lowest BCUT2D eigenvalue weighted by molar-refractivity contribution is -0.0775. The summed E-state index contributed by atoms with van der Waals surface area (Å²) >= 11 is 11.9. The zero-order valence-corrected chi connectivity index (χ0v) is 13.7. The predicted octanol–water partition coefficient (Wildman–Crippen LogP) is 2.85. The highest BCUT2D eigenvalue weighted by atomic mass is 35.5. The van der Waals surface area contributed by atoms with Crippen molar-refractivity contribution in [3.05, 3.63) is 28.2 Å². The third-order valence-corrected chi connectivity index (χ3v) is 4.14. The van der Waals surface area contributed by atoms with Crippen molar-refractivity contribution in [3.8, 4) is 5.75 Å². The van der Waals surface area contributed by atoms with Gasteiger partial charge in [-0.1, -0.05) is 23.2 Å². The Hall–Kier alpha value is -0.520. The summed E-state index contributed by atoms with van der Waals surface area (Å²) in [4.78, 5) is 2.06. The van der Waals surface area contributed by atoms with Crippen LogP contribution in [0.5, 0.6) is 5.75 Å². The van der Waals surface area contributed by atoms with Crippen molar-refractivity contribution in [2.45, 2.75) is 18.4 Å². The van der Waals surface area contributed by atoms with Crippen molar-refractivity contribution < 1.29 is 14.6 Å². The molecule has 21 heavy (non-hydrogen) atoms. The molecule has 0 spiro atoms. The third kappa shape index (κ3) is 5.31. The lowest BCUT2D eigenvalue weighted by Crippen LogP contribution is -2.46. The Labute approximate surface area is 135 Å². The second kappa shape index (κ2) is 7.65. The Morgan fingerprint density at radius 3 is 2.71 bits per heavy atom. The van der Waals surface area contributed by atoms with E-state index in [1.165, 1.54) is 0 Å². The van der Waals surface area contributed by atoms with Crippen LogP contribution in [-0.4, -0.2) is 55.6 Å². The Kier molecular flexibility index (Phi) is 6.14. The molecule has 1 aliphatic heterocycles. The van der Waals surface area contributed by atoms with E-state index in [4.69, 9.17) is 32.7 Å². The van der Waals surface area contributed by atoms with Gasteiger partial charge in [-0.25, -0.2) is 0 Å². The Morgan fingerprint density at radius 2 is 2.05 bits per heavy atom. The minimum absolute atomic E-state index is 0.504. The summed E-state index contributed by atoms with van der Waals surface area (Å²) in [6, 6.07) is 5.17. The molecule has 2 rings (SSSR count). The minimum atomic E-state index is -0.648. The van der Waals surface area contributed by atoms with E-state index in [9.17, 15) is 5.11 Å². The molecule has 0 atom stereocenters. The van der Waals surface area contributed by atoms with Crippen LogP contribution >= 0.6 is 23.2 Å². The molecule has 1 heterocycles. The van der Waals surface area contributed by atoms with Crippen LogP contribution in [-0.2, 0) is 4.74 Å².